The minimum absolute atomic E-state index is 0.00186. The van der Waals surface area contributed by atoms with Gasteiger partial charge in [0.2, 0.25) is 5.91 Å². The van der Waals surface area contributed by atoms with Crippen molar-refractivity contribution in [1.82, 2.24) is 4.90 Å². The molecule has 0 radical (unpaired) electrons. The molecule has 2 atom stereocenters. The number of halogens is 7. The van der Waals surface area contributed by atoms with Crippen molar-refractivity contribution in [1.29, 1.82) is 0 Å². The van der Waals surface area contributed by atoms with Crippen LogP contribution >= 0.6 is 34.4 Å². The van der Waals surface area contributed by atoms with Crippen LogP contribution in [-0.4, -0.2) is 31.7 Å². The number of hydrogen-bond donors (Lipinski definition) is 2. The van der Waals surface area contributed by atoms with Gasteiger partial charge in [0.25, 0.3) is 0 Å². The number of carbonyl (C=O) groups is 2. The lowest BCUT2D eigenvalue weighted by Crippen LogP contribution is -2.42. The maximum absolute atomic E-state index is 13.5. The fourth-order valence-corrected chi connectivity index (χ4v) is 6.98. The summed E-state index contributed by atoms with van der Waals surface area (Å²) in [6, 6.07) is 11.3. The summed E-state index contributed by atoms with van der Waals surface area (Å²) in [4.78, 5) is 28.0. The molecule has 0 aliphatic carbocycles. The topological polar surface area (TPSA) is 77.8 Å². The van der Waals surface area contributed by atoms with E-state index >= 15 is 0 Å². The van der Waals surface area contributed by atoms with Gasteiger partial charge in [-0.2, -0.15) is 26.3 Å². The van der Waals surface area contributed by atoms with E-state index in [4.69, 9.17) is 0 Å². The van der Waals surface area contributed by atoms with E-state index in [1.54, 1.807) is 30.3 Å². The van der Waals surface area contributed by atoms with E-state index in [9.17, 15) is 46.1 Å². The van der Waals surface area contributed by atoms with Crippen LogP contribution in [0.25, 0.3) is 0 Å². The number of carboxylic acid groups (broad SMARTS) is 1. The Labute approximate surface area is 248 Å². The predicted molar refractivity (Wildman–Crippen MR) is 147 cm³/mol. The van der Waals surface area contributed by atoms with Crippen molar-refractivity contribution in [2.24, 2.45) is 0 Å². The van der Waals surface area contributed by atoms with E-state index in [2.05, 4.69) is 0 Å². The average molecular weight is 709 g/mol. The van der Waals surface area contributed by atoms with Crippen LogP contribution in [0.15, 0.2) is 65.6 Å². The molecule has 1 fully saturated rings. The molecule has 2 N–H and O–H groups in total. The Morgan fingerprint density at radius 2 is 1.56 bits per heavy atom. The van der Waals surface area contributed by atoms with E-state index < -0.39 is 64.7 Å². The molecule has 0 unspecified atom stereocenters. The molecule has 1 aliphatic rings. The Kier molecular flexibility index (Phi) is 8.72. The number of carbonyl (C=O) groups excluding carboxylic acids is 1. The molecule has 1 heterocycles. The number of aryl methyl sites for hydroxylation is 1. The highest BCUT2D eigenvalue weighted by molar-refractivity contribution is 14.1. The number of aliphatic carboxylic acids is 1. The van der Waals surface area contributed by atoms with Crippen LogP contribution in [0, 0.1) is 10.5 Å². The number of thioether (sulfide) groups is 1. The zero-order valence-electron chi connectivity index (χ0n) is 21.2. The number of aliphatic hydroxyl groups excluding tert-OH is 1. The van der Waals surface area contributed by atoms with Crippen molar-refractivity contribution in [3.8, 4) is 0 Å². The van der Waals surface area contributed by atoms with Gasteiger partial charge in [-0.25, -0.2) is 0 Å². The molecule has 41 heavy (non-hydrogen) atoms. The second kappa shape index (κ2) is 11.5. The maximum Gasteiger partial charge on any atom is 0.416 e. The monoisotopic (exact) mass is 709 g/mol. The van der Waals surface area contributed by atoms with Gasteiger partial charge in [-0.15, -0.1) is 11.8 Å². The Bertz CT molecular complexity index is 1450. The van der Waals surface area contributed by atoms with E-state index in [1.165, 1.54) is 12.1 Å². The van der Waals surface area contributed by atoms with Gasteiger partial charge in [0, 0.05) is 15.0 Å². The molecule has 13 heteroatoms. The summed E-state index contributed by atoms with van der Waals surface area (Å²) in [6.07, 6.45) is -10.7. The normalized spacial score (nSPS) is 19.6. The number of nitrogens with zero attached hydrogens (tertiary/aromatic N) is 1. The number of benzene rings is 3. The minimum atomic E-state index is -5.09. The molecule has 3 aromatic rings. The Morgan fingerprint density at radius 3 is 2.05 bits per heavy atom. The zero-order valence-corrected chi connectivity index (χ0v) is 24.2. The van der Waals surface area contributed by atoms with Gasteiger partial charge < -0.3 is 15.1 Å². The van der Waals surface area contributed by atoms with E-state index in [0.29, 0.717) is 31.7 Å². The van der Waals surface area contributed by atoms with Crippen molar-refractivity contribution < 1.29 is 46.1 Å². The van der Waals surface area contributed by atoms with Crippen LogP contribution in [0.1, 0.15) is 45.8 Å². The van der Waals surface area contributed by atoms with Gasteiger partial charge in [-0.05, 0) is 82.6 Å². The minimum Gasteiger partial charge on any atom is -0.480 e. The summed E-state index contributed by atoms with van der Waals surface area (Å²) in [6.45, 7) is 0.814. The highest BCUT2D eigenvalue weighted by Gasteiger charge is 2.59. The number of carboxylic acids is 1. The summed E-state index contributed by atoms with van der Waals surface area (Å²) in [5, 5.41) is 20.1. The molecule has 0 saturated carbocycles. The molecule has 5 nitrogen and oxygen atoms in total. The molecule has 1 saturated heterocycles. The first-order chi connectivity index (χ1) is 19.0. The molecule has 1 aliphatic heterocycles. The first-order valence-corrected chi connectivity index (χ1v) is 13.9. The van der Waals surface area contributed by atoms with Gasteiger partial charge in [-0.1, -0.05) is 29.8 Å². The van der Waals surface area contributed by atoms with Crippen molar-refractivity contribution in [3.63, 3.8) is 0 Å². The van der Waals surface area contributed by atoms with Crippen molar-refractivity contribution >= 4 is 46.2 Å². The van der Waals surface area contributed by atoms with Crippen molar-refractivity contribution in [2.45, 2.75) is 54.5 Å². The van der Waals surface area contributed by atoms with E-state index in [1.807, 2.05) is 29.5 Å². The Hall–Kier alpha value is -2.78. The summed E-state index contributed by atoms with van der Waals surface area (Å²) >= 11 is 2.80. The fraction of sp³-hybridized carbons (Fsp3) is 0.286. The number of alkyl halides is 6. The molecular formula is C28H22F6INO4S. The summed E-state index contributed by atoms with van der Waals surface area (Å²) in [7, 11) is 0. The van der Waals surface area contributed by atoms with Crippen LogP contribution in [0.4, 0.5) is 26.3 Å². The quantitative estimate of drug-likeness (QED) is 0.200. The van der Waals surface area contributed by atoms with Gasteiger partial charge in [0.1, 0.15) is 0 Å². The van der Waals surface area contributed by atoms with Crippen LogP contribution < -0.4 is 0 Å². The SMILES string of the molecule is Cc1ccc(S[C@]2(C(=O)O)CC(=O)N(Cc3cc(C(F)(F)F)cc(C(F)(F)F)c3)[C@@H]2c2ccc(CO)cc2I)cc1. The van der Waals surface area contributed by atoms with Crippen molar-refractivity contribution in [3.05, 3.63) is 97.6 Å². The average Bonchev–Trinajstić information content (AvgIpc) is 3.15. The third-order valence-electron chi connectivity index (χ3n) is 6.71. The predicted octanol–water partition coefficient (Wildman–Crippen LogP) is 7.22. The highest BCUT2D eigenvalue weighted by Crippen LogP contribution is 2.54. The number of amides is 1. The van der Waals surface area contributed by atoms with Crippen LogP contribution in [0.5, 0.6) is 0 Å². The van der Waals surface area contributed by atoms with Gasteiger partial charge in [0.15, 0.2) is 4.75 Å². The van der Waals surface area contributed by atoms with Crippen LogP contribution in [-0.2, 0) is 35.1 Å². The largest absolute Gasteiger partial charge is 0.480 e. The third kappa shape index (κ3) is 6.51. The summed E-state index contributed by atoms with van der Waals surface area (Å²) < 4.78 is 79.8. The number of aliphatic hydroxyl groups is 1. The maximum atomic E-state index is 13.5. The molecule has 1 amide bonds. The first-order valence-electron chi connectivity index (χ1n) is 12.0. The van der Waals surface area contributed by atoms with Crippen LogP contribution in [0.3, 0.4) is 0 Å². The molecule has 4 rings (SSSR count). The lowest BCUT2D eigenvalue weighted by molar-refractivity contribution is -0.143. The van der Waals surface area contributed by atoms with E-state index in [0.717, 1.165) is 22.2 Å². The van der Waals surface area contributed by atoms with Crippen LogP contribution in [0.2, 0.25) is 0 Å². The second-order valence-corrected chi connectivity index (χ2v) is 12.2. The second-order valence-electron chi connectivity index (χ2n) is 9.64. The lowest BCUT2D eigenvalue weighted by atomic mass is 9.91. The number of likely N-dealkylation sites (tertiary alicyclic amines) is 1. The molecule has 3 aromatic carbocycles. The lowest BCUT2D eigenvalue weighted by Gasteiger charge is -2.35. The molecule has 0 bridgehead atoms. The zero-order chi connectivity index (χ0) is 30.3. The third-order valence-corrected chi connectivity index (χ3v) is 9.06. The fourth-order valence-electron chi connectivity index (χ4n) is 4.76. The molecule has 0 aromatic heterocycles. The van der Waals surface area contributed by atoms with E-state index in [-0.39, 0.29) is 12.7 Å². The summed E-state index contributed by atoms with van der Waals surface area (Å²) in [5.74, 6) is -2.11. The number of hydrogen-bond acceptors (Lipinski definition) is 4. The van der Waals surface area contributed by atoms with Gasteiger partial charge >= 0.3 is 18.3 Å². The molecular weight excluding hydrogens is 687 g/mol. The van der Waals surface area contributed by atoms with Crippen molar-refractivity contribution in [2.75, 3.05) is 0 Å². The highest BCUT2D eigenvalue weighted by atomic mass is 127. The molecule has 218 valence electrons. The summed E-state index contributed by atoms with van der Waals surface area (Å²) in [5.41, 5.74) is -1.79. The standard InChI is InChI=1S/C28H22F6INO4S/c1-15-2-5-20(6-3-15)41-26(25(39)40)12-23(38)36(24(26)21-7-4-16(14-37)10-22(21)35)13-17-8-18(27(29,30)31)11-19(9-17)28(32,33)34/h2-11,24,37H,12-14H2,1H3,(H,39,40)/t24-,26-/m1/s1. The Morgan fingerprint density at radius 1 is 0.976 bits per heavy atom. The number of rotatable bonds is 7. The first kappa shape index (κ1) is 31.2. The van der Waals surface area contributed by atoms with Gasteiger partial charge in [0.05, 0.1) is 30.2 Å². The van der Waals surface area contributed by atoms with Gasteiger partial charge in [-0.3, -0.25) is 9.59 Å². The molecule has 0 spiro atoms. The Balaban J connectivity index is 1.89. The smallest absolute Gasteiger partial charge is 0.416 e.